The van der Waals surface area contributed by atoms with Gasteiger partial charge in [0.05, 0.1) is 12.3 Å². The van der Waals surface area contributed by atoms with Crippen molar-refractivity contribution in [3.05, 3.63) is 17.7 Å². The third kappa shape index (κ3) is 1.23. The number of aromatic nitrogens is 2. The van der Waals surface area contributed by atoms with Gasteiger partial charge >= 0.3 is 0 Å². The van der Waals surface area contributed by atoms with Crippen molar-refractivity contribution in [2.45, 2.75) is 32.0 Å². The summed E-state index contributed by atoms with van der Waals surface area (Å²) in [4.78, 5) is 4.26. The Morgan fingerprint density at radius 2 is 2.58 bits per heavy atom. The van der Waals surface area contributed by atoms with E-state index in [1.807, 2.05) is 10.8 Å². The van der Waals surface area contributed by atoms with Crippen LogP contribution in [0, 0.1) is 0 Å². The summed E-state index contributed by atoms with van der Waals surface area (Å²) >= 11 is 0. The van der Waals surface area contributed by atoms with Crippen molar-refractivity contribution >= 4 is 0 Å². The number of aliphatic hydroxyl groups excluding tert-OH is 1. The second kappa shape index (κ2) is 2.88. The van der Waals surface area contributed by atoms with Crippen molar-refractivity contribution in [3.63, 3.8) is 0 Å². The first-order valence-corrected chi connectivity index (χ1v) is 4.21. The Balaban J connectivity index is 2.28. The van der Waals surface area contributed by atoms with Gasteiger partial charge in [-0.05, 0) is 6.42 Å². The highest BCUT2D eigenvalue weighted by molar-refractivity contribution is 5.06. The summed E-state index contributed by atoms with van der Waals surface area (Å²) in [5, 5.41) is 8.85. The maximum atomic E-state index is 8.85. The lowest BCUT2D eigenvalue weighted by molar-refractivity contribution is 0.277. The molecule has 2 rings (SSSR count). The molecule has 3 N–H and O–H groups in total. The fraction of sp³-hybridized carbons (Fsp3) is 0.625. The van der Waals surface area contributed by atoms with Crippen LogP contribution in [-0.2, 0) is 19.6 Å². The van der Waals surface area contributed by atoms with Crippen LogP contribution in [0.15, 0.2) is 6.20 Å². The maximum absolute atomic E-state index is 8.85. The Morgan fingerprint density at radius 1 is 1.75 bits per heavy atom. The Hall–Kier alpha value is -0.870. The lowest BCUT2D eigenvalue weighted by Gasteiger charge is -2.19. The maximum Gasteiger partial charge on any atom is 0.109 e. The average Bonchev–Trinajstić information content (AvgIpc) is 2.46. The van der Waals surface area contributed by atoms with Crippen molar-refractivity contribution in [2.24, 2.45) is 5.73 Å². The van der Waals surface area contributed by atoms with Crippen molar-refractivity contribution in [1.29, 1.82) is 0 Å². The van der Waals surface area contributed by atoms with Gasteiger partial charge in [0.1, 0.15) is 5.82 Å². The molecule has 2 heterocycles. The molecule has 0 saturated carbocycles. The van der Waals surface area contributed by atoms with E-state index in [9.17, 15) is 0 Å². The number of fused-ring (bicyclic) bond motifs is 1. The first-order chi connectivity index (χ1) is 5.79. The second-order valence-corrected chi connectivity index (χ2v) is 3.26. The van der Waals surface area contributed by atoms with Crippen LogP contribution >= 0.6 is 0 Å². The van der Waals surface area contributed by atoms with Gasteiger partial charge in [-0.2, -0.15) is 0 Å². The van der Waals surface area contributed by atoms with Gasteiger partial charge in [-0.1, -0.05) is 0 Å². The summed E-state index contributed by atoms with van der Waals surface area (Å²) in [5.41, 5.74) is 6.54. The van der Waals surface area contributed by atoms with E-state index in [1.54, 1.807) is 0 Å². The highest BCUT2D eigenvalue weighted by Crippen LogP contribution is 2.13. The number of aliphatic hydroxyl groups is 1. The number of aryl methyl sites for hydroxylation is 1. The van der Waals surface area contributed by atoms with Crippen molar-refractivity contribution in [2.75, 3.05) is 0 Å². The molecule has 0 saturated heterocycles. The summed E-state index contributed by atoms with van der Waals surface area (Å²) < 4.78 is 2.04. The molecule has 0 bridgehead atoms. The fourth-order valence-electron chi connectivity index (χ4n) is 1.61. The van der Waals surface area contributed by atoms with Crippen LogP contribution < -0.4 is 5.73 Å². The quantitative estimate of drug-likeness (QED) is 0.601. The van der Waals surface area contributed by atoms with E-state index in [1.165, 1.54) is 0 Å². The van der Waals surface area contributed by atoms with E-state index in [0.29, 0.717) is 0 Å². The molecular formula is C8H13N3O. The first-order valence-electron chi connectivity index (χ1n) is 4.21. The summed E-state index contributed by atoms with van der Waals surface area (Å²) in [6.45, 7) is 0.859. The Morgan fingerprint density at radius 3 is 3.33 bits per heavy atom. The number of imidazole rings is 1. The summed E-state index contributed by atoms with van der Waals surface area (Å²) in [7, 11) is 0. The summed E-state index contributed by atoms with van der Waals surface area (Å²) in [6.07, 6.45) is 3.82. The third-order valence-corrected chi connectivity index (χ3v) is 2.24. The van der Waals surface area contributed by atoms with E-state index < -0.39 is 0 Å². The Bertz CT molecular complexity index is 282. The zero-order valence-electron chi connectivity index (χ0n) is 6.90. The molecule has 1 aliphatic rings. The summed E-state index contributed by atoms with van der Waals surface area (Å²) in [5.74, 6) is 1.06. The lowest BCUT2D eigenvalue weighted by Crippen LogP contribution is -2.31. The molecule has 66 valence electrons. The SMILES string of the molecule is NC1CCc2nc(CO)cn2C1. The minimum absolute atomic E-state index is 0.0231. The van der Waals surface area contributed by atoms with E-state index in [4.69, 9.17) is 10.8 Å². The van der Waals surface area contributed by atoms with E-state index >= 15 is 0 Å². The van der Waals surface area contributed by atoms with Gasteiger partial charge in [-0.25, -0.2) is 4.98 Å². The zero-order valence-corrected chi connectivity index (χ0v) is 6.90. The predicted molar refractivity (Wildman–Crippen MR) is 44.4 cm³/mol. The van der Waals surface area contributed by atoms with E-state index in [-0.39, 0.29) is 12.6 Å². The normalized spacial score (nSPS) is 22.3. The molecule has 1 unspecified atom stereocenters. The minimum atomic E-state index is 0.0231. The second-order valence-electron chi connectivity index (χ2n) is 3.26. The van der Waals surface area contributed by atoms with Crippen molar-refractivity contribution in [3.8, 4) is 0 Å². The van der Waals surface area contributed by atoms with Gasteiger partial charge in [-0.3, -0.25) is 0 Å². The topological polar surface area (TPSA) is 64.1 Å². The van der Waals surface area contributed by atoms with Crippen LogP contribution in [0.1, 0.15) is 17.9 Å². The molecule has 0 amide bonds. The number of hydrogen-bond donors (Lipinski definition) is 2. The molecule has 4 nitrogen and oxygen atoms in total. The molecule has 1 aromatic heterocycles. The number of rotatable bonds is 1. The number of nitrogens with zero attached hydrogens (tertiary/aromatic N) is 2. The molecule has 0 fully saturated rings. The molecule has 0 radical (unpaired) electrons. The van der Waals surface area contributed by atoms with E-state index in [0.717, 1.165) is 30.9 Å². The molecule has 12 heavy (non-hydrogen) atoms. The van der Waals surface area contributed by atoms with Crippen LogP contribution in [0.4, 0.5) is 0 Å². The third-order valence-electron chi connectivity index (χ3n) is 2.24. The van der Waals surface area contributed by atoms with Crippen LogP contribution in [0.2, 0.25) is 0 Å². The first kappa shape index (κ1) is 7.76. The molecule has 1 aromatic rings. The van der Waals surface area contributed by atoms with Gasteiger partial charge in [0.2, 0.25) is 0 Å². The highest BCUT2D eigenvalue weighted by Gasteiger charge is 2.16. The van der Waals surface area contributed by atoms with Gasteiger partial charge < -0.3 is 15.4 Å². The minimum Gasteiger partial charge on any atom is -0.390 e. The average molecular weight is 167 g/mol. The molecule has 0 aromatic carbocycles. The number of nitrogens with two attached hydrogens (primary N) is 1. The van der Waals surface area contributed by atoms with Crippen molar-refractivity contribution in [1.82, 2.24) is 9.55 Å². The van der Waals surface area contributed by atoms with Crippen LogP contribution in [0.3, 0.4) is 0 Å². The number of hydrogen-bond acceptors (Lipinski definition) is 3. The smallest absolute Gasteiger partial charge is 0.109 e. The largest absolute Gasteiger partial charge is 0.390 e. The molecule has 4 heteroatoms. The predicted octanol–water partition coefficient (Wildman–Crippen LogP) is -0.351. The van der Waals surface area contributed by atoms with E-state index in [2.05, 4.69) is 4.98 Å². The monoisotopic (exact) mass is 167 g/mol. The zero-order chi connectivity index (χ0) is 8.55. The Labute approximate surface area is 71.0 Å². The van der Waals surface area contributed by atoms with Crippen LogP contribution in [-0.4, -0.2) is 20.7 Å². The van der Waals surface area contributed by atoms with Gasteiger partial charge in [0.25, 0.3) is 0 Å². The molecule has 1 atom stereocenters. The molecule has 1 aliphatic heterocycles. The van der Waals surface area contributed by atoms with Crippen LogP contribution in [0.25, 0.3) is 0 Å². The molecule has 0 aliphatic carbocycles. The van der Waals surface area contributed by atoms with Gasteiger partial charge in [-0.15, -0.1) is 0 Å². The lowest BCUT2D eigenvalue weighted by atomic mass is 10.1. The standard InChI is InChI=1S/C8H13N3O/c9-6-1-2-8-10-7(5-12)4-11(8)3-6/h4,6,12H,1-3,5,9H2. The highest BCUT2D eigenvalue weighted by atomic mass is 16.3. The summed E-state index contributed by atoms with van der Waals surface area (Å²) in [6, 6.07) is 0.248. The van der Waals surface area contributed by atoms with Gasteiger partial charge in [0, 0.05) is 25.2 Å². The molecular weight excluding hydrogens is 154 g/mol. The molecule has 0 spiro atoms. The Kier molecular flexibility index (Phi) is 1.86. The van der Waals surface area contributed by atoms with Crippen molar-refractivity contribution < 1.29 is 5.11 Å². The fourth-order valence-corrected chi connectivity index (χ4v) is 1.61. The van der Waals surface area contributed by atoms with Crippen LogP contribution in [0.5, 0.6) is 0 Å². The van der Waals surface area contributed by atoms with Gasteiger partial charge in [0.15, 0.2) is 0 Å².